The van der Waals surface area contributed by atoms with Crippen LogP contribution in [0.15, 0.2) is 18.3 Å². The highest BCUT2D eigenvalue weighted by molar-refractivity contribution is 5.80. The van der Waals surface area contributed by atoms with Gasteiger partial charge in [-0.3, -0.25) is 9.59 Å². The van der Waals surface area contributed by atoms with Crippen LogP contribution in [0.25, 0.3) is 0 Å². The number of carbonyl (C=O) groups excluding carboxylic acids is 2. The Hall–Kier alpha value is -2.23. The van der Waals surface area contributed by atoms with Crippen LogP contribution in [0.2, 0.25) is 0 Å². The standard InChI is InChI=1S/C23H34N2O6.C2H6.CH5N/c1-23(30-13-14-31-23)10-8-17-9-12-25(22(17)27)11-4-5-18(15-21(26)29-3)19-6-7-20(28-2)24-16-19;2*1-2/h6-7,16-18H,4-5,8-15H2,1-3H3;1-2H3;2H2,1H3/t17-,18?;;/m1../s1. The Morgan fingerprint density at radius 3 is 2.51 bits per heavy atom. The summed E-state index contributed by atoms with van der Waals surface area (Å²) in [6.07, 6.45) is 6.03. The van der Waals surface area contributed by atoms with Gasteiger partial charge in [0.2, 0.25) is 11.8 Å². The minimum atomic E-state index is -0.540. The second-order valence-corrected chi connectivity index (χ2v) is 8.43. The lowest BCUT2D eigenvalue weighted by Gasteiger charge is -2.23. The molecule has 2 N–H and O–H groups in total. The van der Waals surface area contributed by atoms with E-state index >= 15 is 0 Å². The van der Waals surface area contributed by atoms with Gasteiger partial charge in [-0.25, -0.2) is 4.98 Å². The number of carbonyl (C=O) groups is 2. The molecule has 0 radical (unpaired) electrons. The maximum absolute atomic E-state index is 12.8. The van der Waals surface area contributed by atoms with E-state index in [1.54, 1.807) is 19.4 Å². The largest absolute Gasteiger partial charge is 0.481 e. The van der Waals surface area contributed by atoms with Gasteiger partial charge in [0, 0.05) is 37.7 Å². The zero-order valence-corrected chi connectivity index (χ0v) is 22.4. The minimum Gasteiger partial charge on any atom is -0.481 e. The van der Waals surface area contributed by atoms with Gasteiger partial charge >= 0.3 is 5.97 Å². The van der Waals surface area contributed by atoms with Crippen molar-refractivity contribution in [2.75, 3.05) is 47.6 Å². The highest BCUT2D eigenvalue weighted by Crippen LogP contribution is 2.31. The summed E-state index contributed by atoms with van der Waals surface area (Å²) < 4.78 is 21.3. The molecule has 0 saturated carbocycles. The van der Waals surface area contributed by atoms with E-state index in [0.29, 0.717) is 32.1 Å². The summed E-state index contributed by atoms with van der Waals surface area (Å²) in [6, 6.07) is 3.73. The van der Waals surface area contributed by atoms with Crippen LogP contribution in [0.3, 0.4) is 0 Å². The molecule has 2 saturated heterocycles. The number of nitrogens with zero attached hydrogens (tertiary/aromatic N) is 2. The van der Waals surface area contributed by atoms with Gasteiger partial charge in [-0.1, -0.05) is 19.9 Å². The first-order chi connectivity index (χ1) is 16.9. The molecule has 200 valence electrons. The molecule has 0 aromatic carbocycles. The number of hydrogen-bond donors (Lipinski definition) is 1. The van der Waals surface area contributed by atoms with E-state index in [-0.39, 0.29) is 23.7 Å². The Kier molecular flexibility index (Phi) is 14.5. The number of amides is 1. The van der Waals surface area contributed by atoms with E-state index in [1.165, 1.54) is 14.2 Å². The van der Waals surface area contributed by atoms with Crippen molar-refractivity contribution in [3.63, 3.8) is 0 Å². The molecule has 3 heterocycles. The number of esters is 1. The fraction of sp³-hybridized carbons (Fsp3) is 0.731. The maximum atomic E-state index is 12.8. The van der Waals surface area contributed by atoms with Crippen LogP contribution in [0.4, 0.5) is 0 Å². The molecule has 0 bridgehead atoms. The Balaban J connectivity index is 0.00000145. The third kappa shape index (κ3) is 9.74. The van der Waals surface area contributed by atoms with Gasteiger partial charge in [0.05, 0.1) is 33.9 Å². The van der Waals surface area contributed by atoms with Crippen molar-refractivity contribution in [1.82, 2.24) is 9.88 Å². The van der Waals surface area contributed by atoms with Crippen molar-refractivity contribution in [1.29, 1.82) is 0 Å². The van der Waals surface area contributed by atoms with Crippen molar-refractivity contribution in [3.8, 4) is 5.88 Å². The molecule has 9 heteroatoms. The van der Waals surface area contributed by atoms with Gasteiger partial charge in [-0.15, -0.1) is 0 Å². The molecule has 2 fully saturated rings. The normalized spacial score (nSPS) is 19.2. The van der Waals surface area contributed by atoms with Gasteiger partial charge in [0.1, 0.15) is 0 Å². The van der Waals surface area contributed by atoms with Crippen LogP contribution in [-0.2, 0) is 23.8 Å². The second kappa shape index (κ2) is 16.4. The quantitative estimate of drug-likeness (QED) is 0.464. The van der Waals surface area contributed by atoms with E-state index in [2.05, 4.69) is 10.7 Å². The Labute approximate surface area is 210 Å². The summed E-state index contributed by atoms with van der Waals surface area (Å²) >= 11 is 0. The third-order valence-corrected chi connectivity index (χ3v) is 6.31. The van der Waals surface area contributed by atoms with Crippen LogP contribution < -0.4 is 10.5 Å². The topological polar surface area (TPSA) is 113 Å². The Morgan fingerprint density at radius 2 is 1.94 bits per heavy atom. The average molecular weight is 496 g/mol. The van der Waals surface area contributed by atoms with Crippen LogP contribution in [0.1, 0.15) is 70.8 Å². The SMILES string of the molecule is CC.CN.COC(=O)CC(CCCN1CC[C@@H](CCC2(C)OCCO2)C1=O)c1ccc(OC)nc1. The number of pyridine rings is 1. The predicted octanol–water partition coefficient (Wildman–Crippen LogP) is 3.51. The number of nitrogens with two attached hydrogens (primary N) is 1. The molecule has 2 atom stereocenters. The number of aromatic nitrogens is 1. The highest BCUT2D eigenvalue weighted by atomic mass is 16.7. The fourth-order valence-corrected chi connectivity index (χ4v) is 4.38. The molecular formula is C26H45N3O6. The average Bonchev–Trinajstić information content (AvgIpc) is 3.50. The first-order valence-electron chi connectivity index (χ1n) is 12.7. The number of likely N-dealkylation sites (tertiary alicyclic amines) is 1. The number of rotatable bonds is 11. The number of hydrogen-bond acceptors (Lipinski definition) is 8. The molecule has 9 nitrogen and oxygen atoms in total. The van der Waals surface area contributed by atoms with Crippen LogP contribution in [-0.4, -0.2) is 75.1 Å². The van der Waals surface area contributed by atoms with Gasteiger partial charge in [-0.2, -0.15) is 0 Å². The molecule has 1 aromatic heterocycles. The second-order valence-electron chi connectivity index (χ2n) is 8.43. The molecule has 35 heavy (non-hydrogen) atoms. The van der Waals surface area contributed by atoms with E-state index in [0.717, 1.165) is 44.2 Å². The lowest BCUT2D eigenvalue weighted by atomic mass is 9.92. The summed E-state index contributed by atoms with van der Waals surface area (Å²) in [5, 5.41) is 0. The predicted molar refractivity (Wildman–Crippen MR) is 135 cm³/mol. The first kappa shape index (κ1) is 30.8. The van der Waals surface area contributed by atoms with Crippen molar-refractivity contribution in [2.24, 2.45) is 11.7 Å². The number of ether oxygens (including phenoxy) is 4. The monoisotopic (exact) mass is 495 g/mol. The van der Waals surface area contributed by atoms with E-state index in [1.807, 2.05) is 31.7 Å². The molecule has 1 unspecified atom stereocenters. The van der Waals surface area contributed by atoms with Crippen LogP contribution in [0.5, 0.6) is 5.88 Å². The third-order valence-electron chi connectivity index (χ3n) is 6.31. The molecule has 0 aliphatic carbocycles. The van der Waals surface area contributed by atoms with Crippen LogP contribution >= 0.6 is 0 Å². The minimum absolute atomic E-state index is 0.00373. The summed E-state index contributed by atoms with van der Waals surface area (Å²) in [5.74, 6) is 0.00952. The zero-order chi connectivity index (χ0) is 26.3. The van der Waals surface area contributed by atoms with Gasteiger partial charge in [-0.05, 0) is 51.1 Å². The molecular weight excluding hydrogens is 450 g/mol. The van der Waals surface area contributed by atoms with E-state index in [9.17, 15) is 9.59 Å². The first-order valence-corrected chi connectivity index (χ1v) is 12.7. The van der Waals surface area contributed by atoms with E-state index in [4.69, 9.17) is 18.9 Å². The molecule has 1 amide bonds. The maximum Gasteiger partial charge on any atom is 0.306 e. The smallest absolute Gasteiger partial charge is 0.306 e. The van der Waals surface area contributed by atoms with Gasteiger partial charge < -0.3 is 29.6 Å². The Bertz CT molecular complexity index is 737. The summed E-state index contributed by atoms with van der Waals surface area (Å²) in [6.45, 7) is 8.68. The highest BCUT2D eigenvalue weighted by Gasteiger charge is 2.36. The molecule has 3 rings (SSSR count). The number of methoxy groups -OCH3 is 2. The summed E-state index contributed by atoms with van der Waals surface area (Å²) in [7, 11) is 4.47. The molecule has 1 aromatic rings. The van der Waals surface area contributed by atoms with Crippen molar-refractivity contribution < 1.29 is 28.5 Å². The van der Waals surface area contributed by atoms with Gasteiger partial charge in [0.15, 0.2) is 5.79 Å². The molecule has 2 aliphatic rings. The fourth-order valence-electron chi connectivity index (χ4n) is 4.38. The van der Waals surface area contributed by atoms with Crippen LogP contribution in [0, 0.1) is 5.92 Å². The Morgan fingerprint density at radius 1 is 1.26 bits per heavy atom. The van der Waals surface area contributed by atoms with Crippen molar-refractivity contribution >= 4 is 11.9 Å². The van der Waals surface area contributed by atoms with Crippen molar-refractivity contribution in [3.05, 3.63) is 23.9 Å². The van der Waals surface area contributed by atoms with Gasteiger partial charge in [0.25, 0.3) is 0 Å². The molecule has 0 spiro atoms. The summed E-state index contributed by atoms with van der Waals surface area (Å²) in [5.41, 5.74) is 5.47. The zero-order valence-electron chi connectivity index (χ0n) is 22.4. The van der Waals surface area contributed by atoms with E-state index < -0.39 is 5.79 Å². The molecule has 2 aliphatic heterocycles. The lowest BCUT2D eigenvalue weighted by Crippen LogP contribution is -2.30. The van der Waals surface area contributed by atoms with Crippen molar-refractivity contribution in [2.45, 2.75) is 71.0 Å². The summed E-state index contributed by atoms with van der Waals surface area (Å²) in [4.78, 5) is 30.9. The lowest BCUT2D eigenvalue weighted by molar-refractivity contribution is -0.151.